The van der Waals surface area contributed by atoms with Crippen LogP contribution >= 0.6 is 11.8 Å². The first-order chi connectivity index (χ1) is 21.9. The Hall–Kier alpha value is -5.34. The average molecular weight is 616 g/mol. The van der Waals surface area contributed by atoms with Gasteiger partial charge in [-0.1, -0.05) is 73.7 Å². The Kier molecular flexibility index (Phi) is 10.3. The Labute approximate surface area is 266 Å². The maximum Gasteiger partial charge on any atom is 0.272 e. The van der Waals surface area contributed by atoms with Crippen LogP contribution in [0.5, 0.6) is 0 Å². The fourth-order valence-electron chi connectivity index (χ4n) is 4.70. The van der Waals surface area contributed by atoms with Gasteiger partial charge in [-0.3, -0.25) is 14.4 Å². The van der Waals surface area contributed by atoms with Gasteiger partial charge in [-0.25, -0.2) is 0 Å². The van der Waals surface area contributed by atoms with Crippen LogP contribution < -0.4 is 16.0 Å². The molecule has 8 heteroatoms. The highest BCUT2D eigenvalue weighted by Crippen LogP contribution is 2.37. The summed E-state index contributed by atoms with van der Waals surface area (Å²) in [6.07, 6.45) is 3.77. The van der Waals surface area contributed by atoms with Gasteiger partial charge >= 0.3 is 0 Å². The standard InChI is InChI=1S/C37H33N3O4S/c1-3-26-17-10-12-25(2)33(26)40-37(43)34(27-13-6-4-7-14-27)45-31-21-19-29(20-22-31)38-36(42)32(24-30-18-11-23-44-30)39-35(41)28-15-8-5-9-16-28/h4-24,34H,3H2,1-2H3,(H,38,42)(H,39,41)(H,40,43)/b32-24-. The highest BCUT2D eigenvalue weighted by atomic mass is 32.2. The van der Waals surface area contributed by atoms with Gasteiger partial charge in [0.05, 0.1) is 6.26 Å². The molecular formula is C37H33N3O4S. The number of amides is 3. The predicted molar refractivity (Wildman–Crippen MR) is 180 cm³/mol. The number of carbonyl (C=O) groups excluding carboxylic acids is 3. The third kappa shape index (κ3) is 8.19. The summed E-state index contributed by atoms with van der Waals surface area (Å²) in [6, 6.07) is 35.0. The fraction of sp³-hybridized carbons (Fsp3) is 0.108. The number of anilines is 2. The van der Waals surface area contributed by atoms with E-state index in [0.29, 0.717) is 17.0 Å². The number of furan rings is 1. The number of hydrogen-bond acceptors (Lipinski definition) is 5. The van der Waals surface area contributed by atoms with Crippen molar-refractivity contribution in [3.8, 4) is 0 Å². The van der Waals surface area contributed by atoms with Gasteiger partial charge in [0.1, 0.15) is 16.7 Å². The molecule has 0 saturated heterocycles. The van der Waals surface area contributed by atoms with E-state index in [0.717, 1.165) is 33.7 Å². The first-order valence-corrected chi connectivity index (χ1v) is 15.4. The van der Waals surface area contributed by atoms with E-state index in [1.165, 1.54) is 24.1 Å². The monoisotopic (exact) mass is 615 g/mol. The number of thioether (sulfide) groups is 1. The van der Waals surface area contributed by atoms with E-state index in [4.69, 9.17) is 4.42 Å². The predicted octanol–water partition coefficient (Wildman–Crippen LogP) is 8.03. The molecule has 4 aromatic carbocycles. The van der Waals surface area contributed by atoms with E-state index in [1.807, 2.05) is 73.7 Å². The van der Waals surface area contributed by atoms with Gasteiger partial charge in [0.25, 0.3) is 11.8 Å². The van der Waals surface area contributed by atoms with Crippen LogP contribution in [0.25, 0.3) is 6.08 Å². The molecule has 0 aliphatic carbocycles. The summed E-state index contributed by atoms with van der Waals surface area (Å²) in [7, 11) is 0. The van der Waals surface area contributed by atoms with Gasteiger partial charge in [-0.05, 0) is 78.6 Å². The van der Waals surface area contributed by atoms with Crippen LogP contribution in [0.3, 0.4) is 0 Å². The molecule has 7 nitrogen and oxygen atoms in total. The first-order valence-electron chi connectivity index (χ1n) is 14.5. The summed E-state index contributed by atoms with van der Waals surface area (Å²) in [5.74, 6) is -0.628. The van der Waals surface area contributed by atoms with E-state index < -0.39 is 17.1 Å². The van der Waals surface area contributed by atoms with Crippen molar-refractivity contribution in [2.45, 2.75) is 30.4 Å². The van der Waals surface area contributed by atoms with Gasteiger partial charge in [-0.2, -0.15) is 0 Å². The second-order valence-electron chi connectivity index (χ2n) is 10.2. The summed E-state index contributed by atoms with van der Waals surface area (Å²) < 4.78 is 5.37. The molecule has 0 spiro atoms. The van der Waals surface area contributed by atoms with Gasteiger partial charge < -0.3 is 20.4 Å². The van der Waals surface area contributed by atoms with Crippen LogP contribution in [0, 0.1) is 6.92 Å². The molecule has 226 valence electrons. The largest absolute Gasteiger partial charge is 0.465 e. The van der Waals surface area contributed by atoms with Gasteiger partial charge in [0.2, 0.25) is 5.91 Å². The molecule has 0 saturated carbocycles. The van der Waals surface area contributed by atoms with Crippen molar-refractivity contribution in [2.75, 3.05) is 10.6 Å². The lowest BCUT2D eigenvalue weighted by Crippen LogP contribution is -2.30. The fourth-order valence-corrected chi connectivity index (χ4v) is 5.73. The van der Waals surface area contributed by atoms with Crippen molar-refractivity contribution in [3.63, 3.8) is 0 Å². The van der Waals surface area contributed by atoms with E-state index in [2.05, 4.69) is 22.9 Å². The zero-order chi connectivity index (χ0) is 31.6. The maximum absolute atomic E-state index is 13.7. The summed E-state index contributed by atoms with van der Waals surface area (Å²) in [6.45, 7) is 4.07. The van der Waals surface area contributed by atoms with E-state index in [-0.39, 0.29) is 11.6 Å². The average Bonchev–Trinajstić information content (AvgIpc) is 3.59. The van der Waals surface area contributed by atoms with Crippen LogP contribution in [-0.4, -0.2) is 17.7 Å². The third-order valence-electron chi connectivity index (χ3n) is 7.05. The highest BCUT2D eigenvalue weighted by molar-refractivity contribution is 8.00. The van der Waals surface area contributed by atoms with E-state index in [9.17, 15) is 14.4 Å². The molecule has 1 unspecified atom stereocenters. The molecule has 5 rings (SSSR count). The first kappa shape index (κ1) is 31.1. The molecule has 5 aromatic rings. The zero-order valence-electron chi connectivity index (χ0n) is 25.0. The molecular weight excluding hydrogens is 582 g/mol. The van der Waals surface area contributed by atoms with Crippen molar-refractivity contribution in [2.24, 2.45) is 0 Å². The number of nitrogens with one attached hydrogen (secondary N) is 3. The van der Waals surface area contributed by atoms with Crippen LogP contribution in [0.2, 0.25) is 0 Å². The summed E-state index contributed by atoms with van der Waals surface area (Å²) in [5.41, 5.74) is 4.80. The Morgan fingerprint density at radius 1 is 0.800 bits per heavy atom. The highest BCUT2D eigenvalue weighted by Gasteiger charge is 2.24. The van der Waals surface area contributed by atoms with Crippen molar-refractivity contribution >= 4 is 46.9 Å². The molecule has 45 heavy (non-hydrogen) atoms. The van der Waals surface area contributed by atoms with Crippen molar-refractivity contribution in [1.82, 2.24) is 5.32 Å². The minimum absolute atomic E-state index is 0.0284. The van der Waals surface area contributed by atoms with E-state index >= 15 is 0 Å². The second kappa shape index (κ2) is 14.9. The molecule has 0 fully saturated rings. The van der Waals surface area contributed by atoms with Crippen molar-refractivity contribution < 1.29 is 18.8 Å². The topological polar surface area (TPSA) is 100 Å². The van der Waals surface area contributed by atoms with Crippen LogP contribution in [0.4, 0.5) is 11.4 Å². The van der Waals surface area contributed by atoms with Gasteiger partial charge in [-0.15, -0.1) is 11.8 Å². The SMILES string of the molecule is CCc1cccc(C)c1NC(=O)C(Sc1ccc(NC(=O)/C(=C/c2ccco2)NC(=O)c2ccccc2)cc1)c1ccccc1. The van der Waals surface area contributed by atoms with Crippen molar-refractivity contribution in [1.29, 1.82) is 0 Å². The third-order valence-corrected chi connectivity index (χ3v) is 8.32. The van der Waals surface area contributed by atoms with Gasteiger partial charge in [0.15, 0.2) is 0 Å². The summed E-state index contributed by atoms with van der Waals surface area (Å²) in [4.78, 5) is 40.7. The number of rotatable bonds is 11. The Bertz CT molecular complexity index is 1790. The number of benzene rings is 4. The molecule has 1 atom stereocenters. The zero-order valence-corrected chi connectivity index (χ0v) is 25.8. The minimum atomic E-state index is -0.511. The quantitative estimate of drug-likeness (QED) is 0.103. The number of para-hydroxylation sites is 1. The minimum Gasteiger partial charge on any atom is -0.465 e. The molecule has 1 heterocycles. The molecule has 0 aliphatic heterocycles. The maximum atomic E-state index is 13.7. The Balaban J connectivity index is 1.32. The number of hydrogen-bond donors (Lipinski definition) is 3. The molecule has 0 bridgehead atoms. The van der Waals surface area contributed by atoms with E-state index in [1.54, 1.807) is 48.5 Å². The molecule has 0 aliphatic rings. The van der Waals surface area contributed by atoms with Crippen molar-refractivity contribution in [3.05, 3.63) is 155 Å². The molecule has 3 amide bonds. The van der Waals surface area contributed by atoms with Crippen LogP contribution in [-0.2, 0) is 16.0 Å². The smallest absolute Gasteiger partial charge is 0.272 e. The van der Waals surface area contributed by atoms with Gasteiger partial charge in [0, 0.05) is 27.9 Å². The number of aryl methyl sites for hydroxylation is 2. The molecule has 1 aromatic heterocycles. The molecule has 3 N–H and O–H groups in total. The lowest BCUT2D eigenvalue weighted by molar-refractivity contribution is -0.116. The normalized spacial score (nSPS) is 11.8. The summed E-state index contributed by atoms with van der Waals surface area (Å²) in [5, 5.41) is 8.21. The van der Waals surface area contributed by atoms with Crippen LogP contribution in [0.1, 0.15) is 45.0 Å². The second-order valence-corrected chi connectivity index (χ2v) is 11.4. The Morgan fingerprint density at radius 2 is 1.51 bits per heavy atom. The molecule has 0 radical (unpaired) electrons. The number of carbonyl (C=O) groups is 3. The van der Waals surface area contributed by atoms with Crippen LogP contribution in [0.15, 0.2) is 137 Å². The summed E-state index contributed by atoms with van der Waals surface area (Å²) >= 11 is 1.43. The lowest BCUT2D eigenvalue weighted by atomic mass is 10.1. The Morgan fingerprint density at radius 3 is 2.18 bits per heavy atom. The lowest BCUT2D eigenvalue weighted by Gasteiger charge is -2.20.